The Morgan fingerprint density at radius 3 is 2.78 bits per heavy atom. The molecule has 118 valence electrons. The first-order valence-corrected chi connectivity index (χ1v) is 7.62. The zero-order valence-electron chi connectivity index (χ0n) is 13.1. The van der Waals surface area contributed by atoms with E-state index in [-0.39, 0.29) is 18.2 Å². The Morgan fingerprint density at radius 2 is 1.91 bits per heavy atom. The summed E-state index contributed by atoms with van der Waals surface area (Å²) >= 11 is 0. The zero-order chi connectivity index (χ0) is 16.0. The number of carbonyl (C=O) groups excluding carboxylic acids is 1. The summed E-state index contributed by atoms with van der Waals surface area (Å²) in [6.45, 7) is 4.97. The van der Waals surface area contributed by atoms with Crippen molar-refractivity contribution < 1.29 is 14.3 Å². The molecule has 0 aliphatic carbocycles. The van der Waals surface area contributed by atoms with Crippen LogP contribution in [0.3, 0.4) is 0 Å². The minimum Gasteiger partial charge on any atom is -0.454 e. The maximum atomic E-state index is 13.1. The topological polar surface area (TPSA) is 50.8 Å². The lowest BCUT2D eigenvalue weighted by molar-refractivity contribution is 0.0981. The van der Waals surface area contributed by atoms with Crippen LogP contribution in [0.1, 0.15) is 24.2 Å². The second-order valence-corrected chi connectivity index (χ2v) is 6.49. The van der Waals surface area contributed by atoms with Crippen molar-refractivity contribution in [1.29, 1.82) is 0 Å². The van der Waals surface area contributed by atoms with Crippen LogP contribution in [-0.2, 0) is 0 Å². The lowest BCUT2D eigenvalue weighted by Gasteiger charge is -2.40. The Kier molecular flexibility index (Phi) is 2.98. The maximum absolute atomic E-state index is 13.1. The normalized spacial score (nSPS) is 17.4. The molecule has 0 saturated carbocycles. The molecule has 2 aliphatic rings. The van der Waals surface area contributed by atoms with Crippen molar-refractivity contribution in [3.63, 3.8) is 0 Å². The number of nitrogens with zero attached hydrogens (tertiary/aromatic N) is 1. The monoisotopic (exact) mass is 310 g/mol. The third-order valence-corrected chi connectivity index (χ3v) is 4.09. The van der Waals surface area contributed by atoms with Crippen LogP contribution in [-0.4, -0.2) is 24.8 Å². The van der Waals surface area contributed by atoms with Crippen molar-refractivity contribution in [3.05, 3.63) is 48.0 Å². The summed E-state index contributed by atoms with van der Waals surface area (Å²) in [4.78, 5) is 14.9. The molecule has 1 N–H and O–H groups in total. The third kappa shape index (κ3) is 2.38. The van der Waals surface area contributed by atoms with Gasteiger partial charge in [0.05, 0.1) is 11.4 Å². The maximum Gasteiger partial charge on any atom is 0.258 e. The second kappa shape index (κ2) is 4.91. The number of fused-ring (bicyclic) bond motifs is 2. The molecule has 1 amide bonds. The van der Waals surface area contributed by atoms with Gasteiger partial charge in [-0.2, -0.15) is 0 Å². The number of carbonyl (C=O) groups is 1. The van der Waals surface area contributed by atoms with Gasteiger partial charge in [0.25, 0.3) is 5.91 Å². The van der Waals surface area contributed by atoms with Crippen LogP contribution in [0.25, 0.3) is 0 Å². The van der Waals surface area contributed by atoms with Gasteiger partial charge in [-0.05, 0) is 44.2 Å². The van der Waals surface area contributed by atoms with Crippen LogP contribution in [0.5, 0.6) is 11.5 Å². The van der Waals surface area contributed by atoms with Gasteiger partial charge in [-0.25, -0.2) is 0 Å². The molecule has 0 aromatic heterocycles. The summed E-state index contributed by atoms with van der Waals surface area (Å²) in [5.41, 5.74) is 2.27. The highest BCUT2D eigenvalue weighted by atomic mass is 16.7. The highest BCUT2D eigenvalue weighted by Gasteiger charge is 2.33. The molecule has 5 nitrogen and oxygen atoms in total. The number of benzene rings is 2. The Morgan fingerprint density at radius 1 is 1.13 bits per heavy atom. The van der Waals surface area contributed by atoms with Gasteiger partial charge in [-0.3, -0.25) is 4.79 Å². The van der Waals surface area contributed by atoms with Crippen LogP contribution in [0.4, 0.5) is 11.4 Å². The van der Waals surface area contributed by atoms with E-state index in [4.69, 9.17) is 9.47 Å². The largest absolute Gasteiger partial charge is 0.454 e. The quantitative estimate of drug-likeness (QED) is 0.878. The lowest BCUT2D eigenvalue weighted by Crippen LogP contribution is -2.50. The van der Waals surface area contributed by atoms with E-state index in [0.29, 0.717) is 23.6 Å². The van der Waals surface area contributed by atoms with Gasteiger partial charge >= 0.3 is 0 Å². The van der Waals surface area contributed by atoms with Crippen molar-refractivity contribution in [2.24, 2.45) is 0 Å². The number of anilines is 2. The summed E-state index contributed by atoms with van der Waals surface area (Å²) in [6, 6.07) is 13.2. The number of para-hydroxylation sites is 2. The highest BCUT2D eigenvalue weighted by Crippen LogP contribution is 2.37. The summed E-state index contributed by atoms with van der Waals surface area (Å²) in [5.74, 6) is 1.27. The number of rotatable bonds is 1. The SMILES string of the molecule is CC1(C)CN(C(=O)c2ccc3c(c2)OCO3)c2ccccc2N1. The van der Waals surface area contributed by atoms with E-state index in [9.17, 15) is 4.79 Å². The molecular weight excluding hydrogens is 292 g/mol. The van der Waals surface area contributed by atoms with E-state index in [0.717, 1.165) is 11.4 Å². The second-order valence-electron chi connectivity index (χ2n) is 6.49. The Bertz CT molecular complexity index is 786. The van der Waals surface area contributed by atoms with Gasteiger partial charge in [0.2, 0.25) is 6.79 Å². The molecule has 2 aliphatic heterocycles. The molecule has 0 unspecified atom stereocenters. The lowest BCUT2D eigenvalue weighted by atomic mass is 9.98. The fourth-order valence-electron chi connectivity index (χ4n) is 3.07. The number of ether oxygens (including phenoxy) is 2. The number of hydrogen-bond donors (Lipinski definition) is 1. The molecule has 0 atom stereocenters. The third-order valence-electron chi connectivity index (χ3n) is 4.09. The van der Waals surface area contributed by atoms with Crippen molar-refractivity contribution >= 4 is 17.3 Å². The molecular formula is C18H18N2O3. The first-order valence-electron chi connectivity index (χ1n) is 7.62. The van der Waals surface area contributed by atoms with Crippen molar-refractivity contribution in [1.82, 2.24) is 0 Å². The summed E-state index contributed by atoms with van der Waals surface area (Å²) in [5, 5.41) is 3.48. The van der Waals surface area contributed by atoms with Crippen LogP contribution < -0.4 is 19.7 Å². The first kappa shape index (κ1) is 13.9. The van der Waals surface area contributed by atoms with Gasteiger partial charge in [-0.1, -0.05) is 12.1 Å². The number of hydrogen-bond acceptors (Lipinski definition) is 4. The van der Waals surface area contributed by atoms with Crippen LogP contribution in [0, 0.1) is 0 Å². The molecule has 0 radical (unpaired) electrons. The van der Waals surface area contributed by atoms with Gasteiger partial charge in [-0.15, -0.1) is 0 Å². The summed E-state index contributed by atoms with van der Waals surface area (Å²) in [7, 11) is 0. The van der Waals surface area contributed by atoms with E-state index in [1.165, 1.54) is 0 Å². The smallest absolute Gasteiger partial charge is 0.258 e. The molecule has 23 heavy (non-hydrogen) atoms. The Hall–Kier alpha value is -2.69. The molecule has 4 rings (SSSR count). The Labute approximate surface area is 134 Å². The minimum atomic E-state index is -0.194. The van der Waals surface area contributed by atoms with Crippen molar-refractivity contribution in [3.8, 4) is 11.5 Å². The van der Waals surface area contributed by atoms with Crippen LogP contribution in [0.15, 0.2) is 42.5 Å². The van der Waals surface area contributed by atoms with Crippen molar-refractivity contribution in [2.75, 3.05) is 23.6 Å². The van der Waals surface area contributed by atoms with Crippen LogP contribution in [0.2, 0.25) is 0 Å². The van der Waals surface area contributed by atoms with E-state index < -0.39 is 0 Å². The molecule has 2 heterocycles. The Balaban J connectivity index is 1.73. The van der Waals surface area contributed by atoms with Crippen LogP contribution >= 0.6 is 0 Å². The number of amides is 1. The van der Waals surface area contributed by atoms with E-state index in [1.807, 2.05) is 29.2 Å². The average molecular weight is 310 g/mol. The molecule has 2 aromatic carbocycles. The predicted octanol–water partition coefficient (Wildman–Crippen LogP) is 3.27. The highest BCUT2D eigenvalue weighted by molar-refractivity contribution is 6.08. The fourth-order valence-corrected chi connectivity index (χ4v) is 3.07. The van der Waals surface area contributed by atoms with Gasteiger partial charge in [0, 0.05) is 17.6 Å². The van der Waals surface area contributed by atoms with E-state index in [1.54, 1.807) is 18.2 Å². The molecule has 0 saturated heterocycles. The standard InChI is InChI=1S/C18H18N2O3/c1-18(2)10-20(14-6-4-3-5-13(14)19-18)17(21)12-7-8-15-16(9-12)23-11-22-15/h3-9,19H,10-11H2,1-2H3. The van der Waals surface area contributed by atoms with Gasteiger partial charge in [0.15, 0.2) is 11.5 Å². The number of nitrogens with one attached hydrogen (secondary N) is 1. The summed E-state index contributed by atoms with van der Waals surface area (Å²) < 4.78 is 10.7. The molecule has 2 aromatic rings. The fraction of sp³-hybridized carbons (Fsp3) is 0.278. The molecule has 5 heteroatoms. The van der Waals surface area contributed by atoms with Gasteiger partial charge < -0.3 is 19.7 Å². The first-order chi connectivity index (χ1) is 11.0. The molecule has 0 fully saturated rings. The van der Waals surface area contributed by atoms with E-state index in [2.05, 4.69) is 19.2 Å². The minimum absolute atomic E-state index is 0.0367. The van der Waals surface area contributed by atoms with Gasteiger partial charge in [0.1, 0.15) is 0 Å². The molecule has 0 bridgehead atoms. The van der Waals surface area contributed by atoms with Crippen molar-refractivity contribution in [2.45, 2.75) is 19.4 Å². The summed E-state index contributed by atoms with van der Waals surface area (Å²) in [6.07, 6.45) is 0. The molecule has 0 spiro atoms. The predicted molar refractivity (Wildman–Crippen MR) is 88.4 cm³/mol. The average Bonchev–Trinajstić information content (AvgIpc) is 3.00. The zero-order valence-corrected chi connectivity index (χ0v) is 13.1. The van der Waals surface area contributed by atoms with E-state index >= 15 is 0 Å².